The molecular formula is C9H6ClF3N2O2S2. The Morgan fingerprint density at radius 1 is 1.42 bits per heavy atom. The normalized spacial score (nSPS) is 12.2. The maximum atomic E-state index is 12.3. The predicted octanol–water partition coefficient (Wildman–Crippen LogP) is 2.56. The molecule has 0 saturated heterocycles. The lowest BCUT2D eigenvalue weighted by atomic mass is 10.1. The number of benzene rings is 1. The summed E-state index contributed by atoms with van der Waals surface area (Å²) in [5.41, 5.74) is 0.00348. The van der Waals surface area contributed by atoms with Gasteiger partial charge in [0.05, 0.1) is 5.56 Å². The van der Waals surface area contributed by atoms with Gasteiger partial charge in [-0.3, -0.25) is 0 Å². The van der Waals surface area contributed by atoms with Crippen LogP contribution >= 0.6 is 22.4 Å². The molecule has 1 rings (SSSR count). The van der Waals surface area contributed by atoms with Crippen molar-refractivity contribution in [1.82, 2.24) is 0 Å². The molecule has 104 valence electrons. The summed E-state index contributed by atoms with van der Waals surface area (Å²) in [7, 11) is 0.767. The number of nitriles is 1. The van der Waals surface area contributed by atoms with Crippen molar-refractivity contribution in [2.75, 3.05) is 0 Å². The Morgan fingerprint density at radius 3 is 2.37 bits per heavy atom. The Hall–Kier alpha value is -0.950. The summed E-state index contributed by atoms with van der Waals surface area (Å²) in [5.74, 6) is 0. The van der Waals surface area contributed by atoms with Gasteiger partial charge in [0.25, 0.3) is 9.05 Å². The third-order valence-corrected chi connectivity index (χ3v) is 4.26. The first-order valence-corrected chi connectivity index (χ1v) is 7.69. The Balaban J connectivity index is 3.60. The average molecular weight is 331 g/mol. The van der Waals surface area contributed by atoms with Crippen molar-refractivity contribution in [1.29, 1.82) is 5.26 Å². The maximum absolute atomic E-state index is 12.3. The molecule has 0 aliphatic heterocycles. The second-order valence-electron chi connectivity index (χ2n) is 3.22. The van der Waals surface area contributed by atoms with E-state index in [1.54, 1.807) is 6.07 Å². The van der Waals surface area contributed by atoms with Crippen LogP contribution in [-0.4, -0.2) is 13.9 Å². The van der Waals surface area contributed by atoms with Gasteiger partial charge in [0.15, 0.2) is 0 Å². The first kappa shape index (κ1) is 16.1. The summed E-state index contributed by atoms with van der Waals surface area (Å²) in [5, 5.41) is 8.78. The number of hydrogen-bond donors (Lipinski definition) is 1. The largest absolute Gasteiger partial charge is 0.446 e. The minimum Gasteiger partial charge on any atom is -0.326 e. The van der Waals surface area contributed by atoms with Gasteiger partial charge in [-0.2, -0.15) is 18.4 Å². The molecule has 0 aliphatic rings. The molecule has 0 amide bonds. The van der Waals surface area contributed by atoms with Gasteiger partial charge in [0.2, 0.25) is 0 Å². The molecule has 0 saturated carbocycles. The molecule has 1 aromatic rings. The lowest BCUT2D eigenvalue weighted by Gasteiger charge is -2.13. The molecule has 0 atom stereocenters. The average Bonchev–Trinajstić information content (AvgIpc) is 2.25. The molecule has 2 N–H and O–H groups in total. The molecule has 10 heteroatoms. The lowest BCUT2D eigenvalue weighted by molar-refractivity contribution is -0.0328. The molecule has 0 spiro atoms. The van der Waals surface area contributed by atoms with Crippen molar-refractivity contribution < 1.29 is 21.6 Å². The van der Waals surface area contributed by atoms with Crippen molar-refractivity contribution >= 4 is 31.5 Å². The Bertz CT molecular complexity index is 638. The van der Waals surface area contributed by atoms with E-state index in [1.165, 1.54) is 0 Å². The SMILES string of the molecule is N#Cc1ccc(SC(F)(F)F)c(CN)c1S(=O)(=O)Cl. The van der Waals surface area contributed by atoms with E-state index >= 15 is 0 Å². The van der Waals surface area contributed by atoms with Crippen LogP contribution in [-0.2, 0) is 15.6 Å². The van der Waals surface area contributed by atoms with Crippen LogP contribution in [0.15, 0.2) is 21.9 Å². The van der Waals surface area contributed by atoms with Gasteiger partial charge in [-0.1, -0.05) is 0 Å². The van der Waals surface area contributed by atoms with E-state index in [0.717, 1.165) is 12.1 Å². The topological polar surface area (TPSA) is 83.9 Å². The molecule has 0 radical (unpaired) electrons. The fourth-order valence-electron chi connectivity index (χ4n) is 1.39. The molecule has 19 heavy (non-hydrogen) atoms. The van der Waals surface area contributed by atoms with Gasteiger partial charge in [-0.05, 0) is 23.9 Å². The monoisotopic (exact) mass is 330 g/mol. The molecule has 1 aromatic carbocycles. The summed E-state index contributed by atoms with van der Waals surface area (Å²) < 4.78 is 59.8. The number of nitrogens with two attached hydrogens (primary N) is 1. The van der Waals surface area contributed by atoms with E-state index in [1.807, 2.05) is 0 Å². The van der Waals surface area contributed by atoms with Crippen LogP contribution in [0.3, 0.4) is 0 Å². The van der Waals surface area contributed by atoms with Crippen molar-refractivity contribution in [3.05, 3.63) is 23.3 Å². The van der Waals surface area contributed by atoms with Crippen molar-refractivity contribution in [2.45, 2.75) is 21.8 Å². The first-order valence-electron chi connectivity index (χ1n) is 4.56. The van der Waals surface area contributed by atoms with Crippen molar-refractivity contribution in [3.8, 4) is 6.07 Å². The van der Waals surface area contributed by atoms with Crippen LogP contribution in [0.4, 0.5) is 13.2 Å². The van der Waals surface area contributed by atoms with Gasteiger partial charge in [-0.25, -0.2) is 8.42 Å². The molecule has 0 aromatic heterocycles. The predicted molar refractivity (Wildman–Crippen MR) is 64.0 cm³/mol. The van der Waals surface area contributed by atoms with Gasteiger partial charge in [0, 0.05) is 27.7 Å². The Labute approximate surface area is 115 Å². The quantitative estimate of drug-likeness (QED) is 0.680. The molecule has 0 fully saturated rings. The smallest absolute Gasteiger partial charge is 0.326 e. The summed E-state index contributed by atoms with van der Waals surface area (Å²) >= 11 is -0.511. The van der Waals surface area contributed by atoms with E-state index in [9.17, 15) is 21.6 Å². The zero-order valence-electron chi connectivity index (χ0n) is 9.03. The number of thioether (sulfide) groups is 1. The van der Waals surface area contributed by atoms with Gasteiger partial charge in [0.1, 0.15) is 11.0 Å². The van der Waals surface area contributed by atoms with Crippen LogP contribution in [0.5, 0.6) is 0 Å². The molecular weight excluding hydrogens is 325 g/mol. The highest BCUT2D eigenvalue weighted by molar-refractivity contribution is 8.13. The van der Waals surface area contributed by atoms with E-state index < -0.39 is 42.7 Å². The van der Waals surface area contributed by atoms with E-state index in [4.69, 9.17) is 21.7 Å². The minimum absolute atomic E-state index is 0.323. The van der Waals surface area contributed by atoms with Crippen molar-refractivity contribution in [3.63, 3.8) is 0 Å². The standard InChI is InChI=1S/C9H6ClF3N2O2S2/c10-19(16,17)8-5(3-14)1-2-7(6(8)4-15)18-9(11,12)13/h1-2H,4,15H2. The summed E-state index contributed by atoms with van der Waals surface area (Å²) in [6, 6.07) is 3.51. The molecule has 0 aliphatic carbocycles. The molecule has 4 nitrogen and oxygen atoms in total. The number of hydrogen-bond acceptors (Lipinski definition) is 5. The van der Waals surface area contributed by atoms with Crippen LogP contribution in [0.25, 0.3) is 0 Å². The second-order valence-corrected chi connectivity index (χ2v) is 6.83. The number of nitrogens with zero attached hydrogens (tertiary/aromatic N) is 1. The third-order valence-electron chi connectivity index (χ3n) is 2.01. The van der Waals surface area contributed by atoms with E-state index in [0.29, 0.717) is 0 Å². The fourth-order valence-corrected chi connectivity index (χ4v) is 3.54. The maximum Gasteiger partial charge on any atom is 0.446 e. The van der Waals surface area contributed by atoms with Gasteiger partial charge >= 0.3 is 5.51 Å². The van der Waals surface area contributed by atoms with Crippen LogP contribution in [0.1, 0.15) is 11.1 Å². The highest BCUT2D eigenvalue weighted by Gasteiger charge is 2.32. The zero-order chi connectivity index (χ0) is 14.8. The van der Waals surface area contributed by atoms with Gasteiger partial charge < -0.3 is 5.73 Å². The lowest BCUT2D eigenvalue weighted by Crippen LogP contribution is -2.10. The first-order chi connectivity index (χ1) is 8.60. The second kappa shape index (κ2) is 5.58. The third kappa shape index (κ3) is 4.01. The van der Waals surface area contributed by atoms with E-state index in [2.05, 4.69) is 0 Å². The molecule has 0 bridgehead atoms. The number of halogens is 4. The van der Waals surface area contributed by atoms with Crippen LogP contribution in [0, 0.1) is 11.3 Å². The minimum atomic E-state index is -4.61. The Kier molecular flexibility index (Phi) is 4.73. The molecule has 0 heterocycles. The van der Waals surface area contributed by atoms with Crippen LogP contribution < -0.4 is 5.73 Å². The zero-order valence-corrected chi connectivity index (χ0v) is 11.4. The van der Waals surface area contributed by atoms with Crippen LogP contribution in [0.2, 0.25) is 0 Å². The number of alkyl halides is 3. The molecule has 0 unspecified atom stereocenters. The Morgan fingerprint density at radius 2 is 2.00 bits per heavy atom. The summed E-state index contributed by atoms with van der Waals surface area (Å²) in [6.07, 6.45) is 0. The number of rotatable bonds is 3. The van der Waals surface area contributed by atoms with Gasteiger partial charge in [-0.15, -0.1) is 0 Å². The summed E-state index contributed by atoms with van der Waals surface area (Å²) in [4.78, 5) is -1.07. The highest BCUT2D eigenvalue weighted by Crippen LogP contribution is 2.41. The fraction of sp³-hybridized carbons (Fsp3) is 0.222. The summed E-state index contributed by atoms with van der Waals surface area (Å²) in [6.45, 7) is -0.491. The highest BCUT2D eigenvalue weighted by atomic mass is 35.7. The van der Waals surface area contributed by atoms with Crippen molar-refractivity contribution in [2.24, 2.45) is 5.73 Å². The van der Waals surface area contributed by atoms with E-state index in [-0.39, 0.29) is 11.1 Å².